The normalized spacial score (nSPS) is 15.4. The third-order valence-corrected chi connectivity index (χ3v) is 3.42. The van der Waals surface area contributed by atoms with Gasteiger partial charge in [0.05, 0.1) is 24.8 Å². The van der Waals surface area contributed by atoms with Crippen molar-refractivity contribution in [2.75, 3.05) is 13.7 Å². The highest BCUT2D eigenvalue weighted by Gasteiger charge is 2.17. The molecule has 0 saturated carbocycles. The van der Waals surface area contributed by atoms with Crippen LogP contribution in [0.2, 0.25) is 0 Å². The lowest BCUT2D eigenvalue weighted by Crippen LogP contribution is -2.30. The van der Waals surface area contributed by atoms with Gasteiger partial charge in [0.25, 0.3) is 0 Å². The van der Waals surface area contributed by atoms with E-state index < -0.39 is 0 Å². The summed E-state index contributed by atoms with van der Waals surface area (Å²) in [6.07, 6.45) is 2.83. The Bertz CT molecular complexity index is 518. The highest BCUT2D eigenvalue weighted by Crippen LogP contribution is 2.18. The van der Waals surface area contributed by atoms with Crippen LogP contribution in [0.25, 0.3) is 0 Å². The molecule has 1 aromatic carbocycles. The number of nitrogens with zero attached hydrogens (tertiary/aromatic N) is 2. The molecule has 2 aromatic rings. The lowest BCUT2D eigenvalue weighted by Gasteiger charge is -2.26. The van der Waals surface area contributed by atoms with Crippen molar-refractivity contribution in [2.45, 2.75) is 19.5 Å². The molecule has 94 valence electrons. The number of hydrogen-bond donors (Lipinski definition) is 1. The predicted molar refractivity (Wildman–Crippen MR) is 69.4 cm³/mol. The third-order valence-electron chi connectivity index (χ3n) is 3.42. The van der Waals surface area contributed by atoms with Gasteiger partial charge >= 0.3 is 0 Å². The van der Waals surface area contributed by atoms with Gasteiger partial charge in [0.15, 0.2) is 0 Å². The molecule has 1 aliphatic heterocycles. The molecule has 4 nitrogen and oxygen atoms in total. The highest BCUT2D eigenvalue weighted by atomic mass is 16.5. The summed E-state index contributed by atoms with van der Waals surface area (Å²) in [5.74, 6) is 0.910. The monoisotopic (exact) mass is 243 g/mol. The zero-order valence-corrected chi connectivity index (χ0v) is 10.5. The number of fused-ring (bicyclic) bond motifs is 1. The van der Waals surface area contributed by atoms with Gasteiger partial charge in [0, 0.05) is 26.1 Å². The second kappa shape index (κ2) is 4.82. The molecule has 2 heterocycles. The first-order valence-electron chi connectivity index (χ1n) is 6.21. The van der Waals surface area contributed by atoms with Crippen LogP contribution in [0, 0.1) is 0 Å². The van der Waals surface area contributed by atoms with E-state index in [1.807, 2.05) is 12.1 Å². The summed E-state index contributed by atoms with van der Waals surface area (Å²) >= 11 is 0. The Balaban J connectivity index is 1.67. The van der Waals surface area contributed by atoms with E-state index in [2.05, 4.69) is 27.0 Å². The second-order valence-electron chi connectivity index (χ2n) is 4.64. The summed E-state index contributed by atoms with van der Waals surface area (Å²) in [7, 11) is 1.69. The van der Waals surface area contributed by atoms with E-state index in [4.69, 9.17) is 4.74 Å². The van der Waals surface area contributed by atoms with E-state index in [0.29, 0.717) is 0 Å². The molecule has 1 aromatic heterocycles. The van der Waals surface area contributed by atoms with Gasteiger partial charge < -0.3 is 9.72 Å². The Morgan fingerprint density at radius 2 is 2.17 bits per heavy atom. The van der Waals surface area contributed by atoms with Crippen LogP contribution in [-0.4, -0.2) is 28.5 Å². The molecule has 0 bridgehead atoms. The molecule has 1 N–H and O–H groups in total. The average Bonchev–Trinajstić information content (AvgIpc) is 2.87. The maximum atomic E-state index is 5.17. The fourth-order valence-electron chi connectivity index (χ4n) is 2.39. The Labute approximate surface area is 107 Å². The number of benzene rings is 1. The Kier molecular flexibility index (Phi) is 3.02. The maximum absolute atomic E-state index is 5.17. The van der Waals surface area contributed by atoms with Gasteiger partial charge in [0.2, 0.25) is 0 Å². The molecular formula is C14H17N3O. The van der Waals surface area contributed by atoms with Crippen molar-refractivity contribution in [1.29, 1.82) is 0 Å². The van der Waals surface area contributed by atoms with Gasteiger partial charge in [-0.1, -0.05) is 12.1 Å². The summed E-state index contributed by atoms with van der Waals surface area (Å²) < 4.78 is 5.17. The molecule has 0 atom stereocenters. The van der Waals surface area contributed by atoms with Crippen molar-refractivity contribution in [3.05, 3.63) is 47.5 Å². The average molecular weight is 243 g/mol. The molecule has 1 aliphatic rings. The molecule has 0 aliphatic carbocycles. The molecule has 0 radical (unpaired) electrons. The van der Waals surface area contributed by atoms with Gasteiger partial charge in [-0.05, 0) is 17.7 Å². The van der Waals surface area contributed by atoms with E-state index in [0.717, 1.165) is 31.8 Å². The maximum Gasteiger partial charge on any atom is 0.118 e. The van der Waals surface area contributed by atoms with E-state index in [9.17, 15) is 0 Å². The Morgan fingerprint density at radius 1 is 1.33 bits per heavy atom. The standard InChI is InChI=1S/C14H17N3O/c1-18-12-4-2-11(3-5-12)8-17-7-6-13-14(9-17)16-10-15-13/h2-5,10H,6-9H2,1H3,(H,15,16). The molecule has 0 amide bonds. The summed E-state index contributed by atoms with van der Waals surface area (Å²) in [5.41, 5.74) is 3.80. The first-order chi connectivity index (χ1) is 8.85. The topological polar surface area (TPSA) is 41.1 Å². The van der Waals surface area contributed by atoms with Crippen LogP contribution in [0.15, 0.2) is 30.6 Å². The minimum atomic E-state index is 0.910. The molecule has 3 rings (SSSR count). The largest absolute Gasteiger partial charge is 0.497 e. The van der Waals surface area contributed by atoms with Crippen LogP contribution >= 0.6 is 0 Å². The SMILES string of the molecule is COc1ccc(CN2CCc3nc[nH]c3C2)cc1. The fraction of sp³-hybridized carbons (Fsp3) is 0.357. The van der Waals surface area contributed by atoms with Crippen LogP contribution < -0.4 is 4.74 Å². The Morgan fingerprint density at radius 3 is 2.94 bits per heavy atom. The van der Waals surface area contributed by atoms with Crippen molar-refractivity contribution in [2.24, 2.45) is 0 Å². The first kappa shape index (κ1) is 11.3. The number of H-pyrrole nitrogens is 1. The quantitative estimate of drug-likeness (QED) is 0.896. The van der Waals surface area contributed by atoms with Crippen molar-refractivity contribution in [1.82, 2.24) is 14.9 Å². The minimum Gasteiger partial charge on any atom is -0.497 e. The number of aromatic amines is 1. The summed E-state index contributed by atoms with van der Waals surface area (Å²) in [6.45, 7) is 3.01. The van der Waals surface area contributed by atoms with E-state index >= 15 is 0 Å². The van der Waals surface area contributed by atoms with Crippen molar-refractivity contribution >= 4 is 0 Å². The number of imidazole rings is 1. The zero-order valence-electron chi connectivity index (χ0n) is 10.5. The summed E-state index contributed by atoms with van der Waals surface area (Å²) in [5, 5.41) is 0. The molecule has 0 fully saturated rings. The van der Waals surface area contributed by atoms with Crippen molar-refractivity contribution in [3.8, 4) is 5.75 Å². The number of rotatable bonds is 3. The van der Waals surface area contributed by atoms with Crippen LogP contribution in [0.5, 0.6) is 5.75 Å². The van der Waals surface area contributed by atoms with Crippen LogP contribution in [0.3, 0.4) is 0 Å². The number of methoxy groups -OCH3 is 1. The van der Waals surface area contributed by atoms with Crippen LogP contribution in [-0.2, 0) is 19.5 Å². The molecular weight excluding hydrogens is 226 g/mol. The van der Waals surface area contributed by atoms with E-state index in [-0.39, 0.29) is 0 Å². The van der Waals surface area contributed by atoms with Gasteiger partial charge in [-0.3, -0.25) is 4.90 Å². The van der Waals surface area contributed by atoms with E-state index in [1.165, 1.54) is 17.0 Å². The fourth-order valence-corrected chi connectivity index (χ4v) is 2.39. The lowest BCUT2D eigenvalue weighted by atomic mass is 10.1. The van der Waals surface area contributed by atoms with Crippen LogP contribution in [0.4, 0.5) is 0 Å². The van der Waals surface area contributed by atoms with Crippen molar-refractivity contribution in [3.63, 3.8) is 0 Å². The van der Waals surface area contributed by atoms with Gasteiger partial charge in [0.1, 0.15) is 5.75 Å². The molecule has 0 unspecified atom stereocenters. The van der Waals surface area contributed by atoms with Crippen molar-refractivity contribution < 1.29 is 4.74 Å². The summed E-state index contributed by atoms with van der Waals surface area (Å²) in [4.78, 5) is 9.97. The van der Waals surface area contributed by atoms with Gasteiger partial charge in [-0.15, -0.1) is 0 Å². The number of hydrogen-bond acceptors (Lipinski definition) is 3. The first-order valence-corrected chi connectivity index (χ1v) is 6.21. The zero-order chi connectivity index (χ0) is 12.4. The Hall–Kier alpha value is -1.81. The van der Waals surface area contributed by atoms with Crippen LogP contribution in [0.1, 0.15) is 17.0 Å². The van der Waals surface area contributed by atoms with Gasteiger partial charge in [-0.2, -0.15) is 0 Å². The highest BCUT2D eigenvalue weighted by molar-refractivity contribution is 5.27. The number of ether oxygens (including phenoxy) is 1. The van der Waals surface area contributed by atoms with Gasteiger partial charge in [-0.25, -0.2) is 4.98 Å². The number of aromatic nitrogens is 2. The lowest BCUT2D eigenvalue weighted by molar-refractivity contribution is 0.241. The molecule has 0 saturated heterocycles. The number of nitrogens with one attached hydrogen (secondary N) is 1. The second-order valence-corrected chi connectivity index (χ2v) is 4.64. The predicted octanol–water partition coefficient (Wildman–Crippen LogP) is 1.98. The van der Waals surface area contributed by atoms with E-state index in [1.54, 1.807) is 13.4 Å². The molecule has 0 spiro atoms. The molecule has 4 heteroatoms. The molecule has 18 heavy (non-hydrogen) atoms. The third kappa shape index (κ3) is 2.24. The minimum absolute atomic E-state index is 0.910. The smallest absolute Gasteiger partial charge is 0.118 e. The summed E-state index contributed by atoms with van der Waals surface area (Å²) in [6, 6.07) is 8.28.